The molecular formula is C14H29NaO4S. The van der Waals surface area contributed by atoms with Gasteiger partial charge in [0.15, 0.2) is 0 Å². The van der Waals surface area contributed by atoms with Crippen molar-refractivity contribution in [2.24, 2.45) is 0 Å². The fraction of sp³-hybridized carbons (Fsp3) is 1.00. The summed E-state index contributed by atoms with van der Waals surface area (Å²) in [6, 6.07) is 0. The van der Waals surface area contributed by atoms with E-state index in [1.165, 1.54) is 19.3 Å². The molecule has 0 aliphatic heterocycles. The molecule has 0 saturated heterocycles. The average molecular weight is 316 g/mol. The summed E-state index contributed by atoms with van der Waals surface area (Å²) in [7, 11) is -4.16. The molecule has 0 fully saturated rings. The zero-order valence-corrected chi connectivity index (χ0v) is 16.0. The topological polar surface area (TPSA) is 77.4 Å². The third kappa shape index (κ3) is 13.8. The van der Waals surface area contributed by atoms with E-state index in [-0.39, 0.29) is 36.2 Å². The van der Waals surface area contributed by atoms with Crippen LogP contribution in [-0.4, -0.2) is 29.9 Å². The van der Waals surface area contributed by atoms with Crippen LogP contribution in [0.25, 0.3) is 0 Å². The van der Waals surface area contributed by atoms with Crippen molar-refractivity contribution < 1.29 is 47.6 Å². The van der Waals surface area contributed by atoms with Gasteiger partial charge in [0.1, 0.15) is 0 Å². The first-order valence-corrected chi connectivity index (χ1v) is 9.05. The average Bonchev–Trinajstić information content (AvgIpc) is 2.34. The number of aliphatic hydroxyl groups excluding tert-OH is 1. The molecule has 0 saturated carbocycles. The van der Waals surface area contributed by atoms with Crippen LogP contribution in [0.5, 0.6) is 0 Å². The molecule has 116 valence electrons. The van der Waals surface area contributed by atoms with Gasteiger partial charge in [-0.2, -0.15) is 0 Å². The van der Waals surface area contributed by atoms with E-state index in [1.807, 2.05) is 0 Å². The van der Waals surface area contributed by atoms with E-state index >= 15 is 0 Å². The van der Waals surface area contributed by atoms with E-state index in [2.05, 4.69) is 6.92 Å². The van der Waals surface area contributed by atoms with E-state index in [1.54, 1.807) is 0 Å². The number of hydrogen-bond donors (Lipinski definition) is 1. The van der Waals surface area contributed by atoms with Crippen molar-refractivity contribution >= 4 is 10.1 Å². The molecule has 0 bridgehead atoms. The zero-order chi connectivity index (χ0) is 14.6. The van der Waals surface area contributed by atoms with E-state index in [0.29, 0.717) is 25.7 Å². The van der Waals surface area contributed by atoms with Crippen LogP contribution in [0, 0.1) is 0 Å². The third-order valence-corrected chi connectivity index (χ3v) is 4.76. The van der Waals surface area contributed by atoms with Crippen molar-refractivity contribution in [2.75, 3.05) is 6.61 Å². The largest absolute Gasteiger partial charge is 1.00 e. The summed E-state index contributed by atoms with van der Waals surface area (Å²) < 4.78 is 33.5. The van der Waals surface area contributed by atoms with Gasteiger partial charge in [0, 0.05) is 11.9 Å². The molecule has 1 atom stereocenters. The summed E-state index contributed by atoms with van der Waals surface area (Å²) in [6.07, 6.45) is 9.72. The second-order valence-corrected chi connectivity index (χ2v) is 6.90. The Hall–Kier alpha value is 0.870. The Kier molecular flexibility index (Phi) is 17.1. The van der Waals surface area contributed by atoms with Gasteiger partial charge in [-0.15, -0.1) is 0 Å². The number of hydrogen-bond acceptors (Lipinski definition) is 4. The first-order chi connectivity index (χ1) is 9.02. The first-order valence-electron chi connectivity index (χ1n) is 7.58. The van der Waals surface area contributed by atoms with Crippen molar-refractivity contribution in [3.05, 3.63) is 0 Å². The smallest absolute Gasteiger partial charge is 0.748 e. The van der Waals surface area contributed by atoms with Crippen LogP contribution in [0.3, 0.4) is 0 Å². The van der Waals surface area contributed by atoms with Gasteiger partial charge in [-0.1, -0.05) is 58.3 Å². The van der Waals surface area contributed by atoms with Crippen molar-refractivity contribution in [1.29, 1.82) is 0 Å². The fourth-order valence-corrected chi connectivity index (χ4v) is 3.16. The number of aliphatic hydroxyl groups is 1. The molecule has 4 nitrogen and oxygen atoms in total. The molecule has 0 amide bonds. The van der Waals surface area contributed by atoms with Crippen LogP contribution >= 0.6 is 0 Å². The van der Waals surface area contributed by atoms with Crippen molar-refractivity contribution in [3.8, 4) is 0 Å². The maximum absolute atomic E-state index is 11.2. The van der Waals surface area contributed by atoms with Crippen LogP contribution in [0.15, 0.2) is 0 Å². The standard InChI is InChI=1S/C14H30O4S.Na/c1-2-3-4-5-6-8-11-14(19(16,17)18)12-9-7-10-13-15;/h14-15H,2-13H2,1H3,(H,16,17,18);/q;+1/p-1. The van der Waals surface area contributed by atoms with Gasteiger partial charge in [0.25, 0.3) is 0 Å². The summed E-state index contributed by atoms with van der Waals surface area (Å²) in [5, 5.41) is 7.93. The fourth-order valence-electron chi connectivity index (χ4n) is 2.25. The normalized spacial score (nSPS) is 12.9. The molecule has 0 aromatic rings. The Balaban J connectivity index is 0. The van der Waals surface area contributed by atoms with Crippen molar-refractivity contribution in [2.45, 2.75) is 82.8 Å². The van der Waals surface area contributed by atoms with E-state index < -0.39 is 15.4 Å². The third-order valence-electron chi connectivity index (χ3n) is 3.47. The van der Waals surface area contributed by atoms with Gasteiger partial charge in [-0.05, 0) is 19.3 Å². The summed E-state index contributed by atoms with van der Waals surface area (Å²) in [6.45, 7) is 2.29. The van der Waals surface area contributed by atoms with Crippen molar-refractivity contribution in [1.82, 2.24) is 0 Å². The maximum Gasteiger partial charge on any atom is 1.00 e. The monoisotopic (exact) mass is 316 g/mol. The Morgan fingerprint density at radius 2 is 1.35 bits per heavy atom. The minimum Gasteiger partial charge on any atom is -0.748 e. The second kappa shape index (κ2) is 14.8. The Bertz CT molecular complexity index is 294. The van der Waals surface area contributed by atoms with Crippen LogP contribution in [0.1, 0.15) is 77.6 Å². The molecular weight excluding hydrogens is 287 g/mol. The van der Waals surface area contributed by atoms with Gasteiger partial charge in [0.05, 0.1) is 10.1 Å². The van der Waals surface area contributed by atoms with Crippen LogP contribution in [0.4, 0.5) is 0 Å². The van der Waals surface area contributed by atoms with E-state index in [4.69, 9.17) is 5.11 Å². The molecule has 0 radical (unpaired) electrons. The molecule has 20 heavy (non-hydrogen) atoms. The number of rotatable bonds is 13. The van der Waals surface area contributed by atoms with E-state index in [0.717, 1.165) is 25.7 Å². The minimum absolute atomic E-state index is 0. The maximum atomic E-state index is 11.2. The predicted molar refractivity (Wildman–Crippen MR) is 77.0 cm³/mol. The van der Waals surface area contributed by atoms with E-state index in [9.17, 15) is 13.0 Å². The van der Waals surface area contributed by atoms with Crippen LogP contribution in [-0.2, 0) is 10.1 Å². The SMILES string of the molecule is CCCCCCCCC(CCCCCO)S(=O)(=O)[O-].[Na+]. The second-order valence-electron chi connectivity index (χ2n) is 5.24. The summed E-state index contributed by atoms with van der Waals surface area (Å²) >= 11 is 0. The molecule has 0 aliphatic carbocycles. The quantitative estimate of drug-likeness (QED) is 0.299. The molecule has 1 unspecified atom stereocenters. The first kappa shape index (κ1) is 23.1. The Labute approximate surface area is 146 Å². The number of unbranched alkanes of at least 4 members (excludes halogenated alkanes) is 7. The molecule has 0 spiro atoms. The van der Waals surface area contributed by atoms with Crippen LogP contribution < -0.4 is 29.6 Å². The predicted octanol–water partition coefficient (Wildman–Crippen LogP) is 0.208. The van der Waals surface area contributed by atoms with Gasteiger partial charge >= 0.3 is 29.6 Å². The Morgan fingerprint density at radius 3 is 1.80 bits per heavy atom. The molecule has 0 heterocycles. The van der Waals surface area contributed by atoms with Gasteiger partial charge in [0.2, 0.25) is 0 Å². The Morgan fingerprint density at radius 1 is 0.900 bits per heavy atom. The molecule has 1 N–H and O–H groups in total. The molecule has 0 aliphatic rings. The minimum atomic E-state index is -4.16. The molecule has 6 heteroatoms. The molecule has 0 aromatic heterocycles. The summed E-state index contributed by atoms with van der Waals surface area (Å²) in [4.78, 5) is 0. The zero-order valence-electron chi connectivity index (χ0n) is 13.1. The molecule has 0 aromatic carbocycles. The summed E-state index contributed by atoms with van der Waals surface area (Å²) in [5.74, 6) is 0. The van der Waals surface area contributed by atoms with Crippen LogP contribution in [0.2, 0.25) is 0 Å². The molecule has 0 rings (SSSR count). The summed E-state index contributed by atoms with van der Waals surface area (Å²) in [5.41, 5.74) is 0. The van der Waals surface area contributed by atoms with Gasteiger partial charge in [-0.3, -0.25) is 0 Å². The van der Waals surface area contributed by atoms with Crippen molar-refractivity contribution in [3.63, 3.8) is 0 Å². The van der Waals surface area contributed by atoms with Gasteiger partial charge in [-0.25, -0.2) is 8.42 Å². The van der Waals surface area contributed by atoms with Gasteiger partial charge < -0.3 is 9.66 Å².